The molecule has 2 aliphatic rings. The predicted molar refractivity (Wildman–Crippen MR) is 71.9 cm³/mol. The summed E-state index contributed by atoms with van der Waals surface area (Å²) in [7, 11) is 0. The average molecular weight is 282 g/mol. The van der Waals surface area contributed by atoms with Gasteiger partial charge in [0.15, 0.2) is 0 Å². The molecule has 0 aromatic heterocycles. The van der Waals surface area contributed by atoms with Crippen LogP contribution in [0.1, 0.15) is 46.5 Å². The smallest absolute Gasteiger partial charge is 0.330 e. The van der Waals surface area contributed by atoms with Gasteiger partial charge in [0.25, 0.3) is 0 Å². The molecule has 1 saturated heterocycles. The summed E-state index contributed by atoms with van der Waals surface area (Å²) in [6.07, 6.45) is 2.74. The first-order valence-electron chi connectivity index (χ1n) is 7.14. The van der Waals surface area contributed by atoms with Gasteiger partial charge in [0, 0.05) is 6.61 Å². The summed E-state index contributed by atoms with van der Waals surface area (Å²) in [4.78, 5) is 37.8. The molecule has 2 fully saturated rings. The fourth-order valence-electron chi connectivity index (χ4n) is 3.11. The SMILES string of the molecule is CCOC(C)(C)CN1C(=O)NC(=O)C2(CCCC2)C1=O. The molecule has 1 heterocycles. The normalized spacial score (nSPS) is 22.6. The lowest BCUT2D eigenvalue weighted by atomic mass is 9.82. The van der Waals surface area contributed by atoms with Gasteiger partial charge in [-0.15, -0.1) is 0 Å². The maximum atomic E-state index is 12.6. The molecule has 0 aromatic carbocycles. The number of rotatable bonds is 4. The Morgan fingerprint density at radius 3 is 2.40 bits per heavy atom. The first kappa shape index (κ1) is 15.0. The Hall–Kier alpha value is -1.43. The van der Waals surface area contributed by atoms with Crippen LogP contribution in [0, 0.1) is 5.41 Å². The highest BCUT2D eigenvalue weighted by atomic mass is 16.5. The van der Waals surface area contributed by atoms with Crippen molar-refractivity contribution < 1.29 is 19.1 Å². The van der Waals surface area contributed by atoms with Crippen LogP contribution >= 0.6 is 0 Å². The Balaban J connectivity index is 2.22. The molecule has 6 nitrogen and oxygen atoms in total. The lowest BCUT2D eigenvalue weighted by molar-refractivity contribution is -0.153. The van der Waals surface area contributed by atoms with Crippen LogP contribution in [-0.2, 0) is 14.3 Å². The van der Waals surface area contributed by atoms with Crippen molar-refractivity contribution in [3.63, 3.8) is 0 Å². The molecule has 0 atom stereocenters. The molecule has 1 aliphatic carbocycles. The third-order valence-electron chi connectivity index (χ3n) is 4.09. The van der Waals surface area contributed by atoms with Gasteiger partial charge in [0.1, 0.15) is 5.41 Å². The number of hydrogen-bond donors (Lipinski definition) is 1. The summed E-state index contributed by atoms with van der Waals surface area (Å²) < 4.78 is 5.55. The molecule has 20 heavy (non-hydrogen) atoms. The van der Waals surface area contributed by atoms with Gasteiger partial charge in [-0.1, -0.05) is 12.8 Å². The molecule has 1 spiro atoms. The van der Waals surface area contributed by atoms with Crippen molar-refractivity contribution in [2.45, 2.75) is 52.1 Å². The van der Waals surface area contributed by atoms with Crippen LogP contribution in [0.4, 0.5) is 4.79 Å². The van der Waals surface area contributed by atoms with E-state index in [-0.39, 0.29) is 12.5 Å². The first-order valence-corrected chi connectivity index (χ1v) is 7.14. The Bertz CT molecular complexity index is 438. The topological polar surface area (TPSA) is 75.7 Å². The Morgan fingerprint density at radius 1 is 1.25 bits per heavy atom. The van der Waals surface area contributed by atoms with Gasteiger partial charge in [-0.2, -0.15) is 0 Å². The van der Waals surface area contributed by atoms with Crippen molar-refractivity contribution in [2.75, 3.05) is 13.2 Å². The largest absolute Gasteiger partial charge is 0.374 e. The summed E-state index contributed by atoms with van der Waals surface area (Å²) in [5, 5.41) is 2.33. The van der Waals surface area contributed by atoms with Gasteiger partial charge in [-0.05, 0) is 33.6 Å². The summed E-state index contributed by atoms with van der Waals surface area (Å²) in [5.41, 5.74) is -1.65. The van der Waals surface area contributed by atoms with E-state index >= 15 is 0 Å². The number of barbiturate groups is 1. The number of hydrogen-bond acceptors (Lipinski definition) is 4. The molecular weight excluding hydrogens is 260 g/mol. The van der Waals surface area contributed by atoms with Gasteiger partial charge in [0.2, 0.25) is 11.8 Å². The molecule has 1 aliphatic heterocycles. The maximum Gasteiger partial charge on any atom is 0.330 e. The van der Waals surface area contributed by atoms with Crippen LogP contribution in [0.2, 0.25) is 0 Å². The Labute approximate surface area is 118 Å². The minimum absolute atomic E-state index is 0.153. The van der Waals surface area contributed by atoms with Crippen molar-refractivity contribution in [1.29, 1.82) is 0 Å². The van der Waals surface area contributed by atoms with Crippen LogP contribution in [0.5, 0.6) is 0 Å². The molecule has 6 heteroatoms. The number of amides is 4. The van der Waals surface area contributed by atoms with Crippen LogP contribution in [-0.4, -0.2) is 41.5 Å². The standard InChI is InChI=1S/C14H22N2O4/c1-4-20-13(2,3)9-16-11(18)14(7-5-6-8-14)10(17)15-12(16)19/h4-9H2,1-3H3,(H,15,17,19). The van der Waals surface area contributed by atoms with E-state index in [0.29, 0.717) is 19.4 Å². The van der Waals surface area contributed by atoms with Gasteiger partial charge in [-0.25, -0.2) is 4.79 Å². The van der Waals surface area contributed by atoms with Crippen molar-refractivity contribution in [2.24, 2.45) is 5.41 Å². The summed E-state index contributed by atoms with van der Waals surface area (Å²) >= 11 is 0. The minimum Gasteiger partial charge on any atom is -0.374 e. The molecule has 0 bridgehead atoms. The highest BCUT2D eigenvalue weighted by molar-refractivity contribution is 6.19. The van der Waals surface area contributed by atoms with Gasteiger partial charge < -0.3 is 4.74 Å². The van der Waals surface area contributed by atoms with E-state index in [0.717, 1.165) is 17.7 Å². The summed E-state index contributed by atoms with van der Waals surface area (Å²) in [5.74, 6) is -0.799. The number of carbonyl (C=O) groups is 3. The molecule has 0 unspecified atom stereocenters. The maximum absolute atomic E-state index is 12.6. The Kier molecular flexibility index (Phi) is 3.86. The predicted octanol–water partition coefficient (Wildman–Crippen LogP) is 1.44. The fourth-order valence-corrected chi connectivity index (χ4v) is 3.11. The third kappa shape index (κ3) is 2.44. The van der Waals surface area contributed by atoms with Crippen molar-refractivity contribution in [1.82, 2.24) is 10.2 Å². The number of nitrogens with zero attached hydrogens (tertiary/aromatic N) is 1. The van der Waals surface area contributed by atoms with Crippen molar-refractivity contribution in [3.8, 4) is 0 Å². The molecule has 0 aromatic rings. The van der Waals surface area contributed by atoms with E-state index in [2.05, 4.69) is 5.32 Å². The average Bonchev–Trinajstić information content (AvgIpc) is 2.83. The van der Waals surface area contributed by atoms with E-state index in [1.807, 2.05) is 20.8 Å². The second kappa shape index (κ2) is 5.16. The highest BCUT2D eigenvalue weighted by Gasteiger charge is 2.55. The Morgan fingerprint density at radius 2 is 1.85 bits per heavy atom. The second-order valence-corrected chi connectivity index (χ2v) is 6.13. The van der Waals surface area contributed by atoms with E-state index in [1.54, 1.807) is 0 Å². The zero-order valence-electron chi connectivity index (χ0n) is 12.3. The van der Waals surface area contributed by atoms with Gasteiger partial charge in [-0.3, -0.25) is 19.8 Å². The fraction of sp³-hybridized carbons (Fsp3) is 0.786. The zero-order valence-corrected chi connectivity index (χ0v) is 12.3. The lowest BCUT2D eigenvalue weighted by Crippen LogP contribution is -2.65. The molecule has 1 N–H and O–H groups in total. The number of nitrogens with one attached hydrogen (secondary N) is 1. The van der Waals surface area contributed by atoms with Gasteiger partial charge in [0.05, 0.1) is 12.1 Å². The number of urea groups is 1. The third-order valence-corrected chi connectivity index (χ3v) is 4.09. The number of carbonyl (C=O) groups excluding carboxylic acids is 3. The lowest BCUT2D eigenvalue weighted by Gasteiger charge is -2.40. The molecule has 1 saturated carbocycles. The summed E-state index contributed by atoms with van der Waals surface area (Å²) in [6, 6.07) is -0.634. The number of ether oxygens (including phenoxy) is 1. The molecule has 4 amide bonds. The second-order valence-electron chi connectivity index (χ2n) is 6.13. The van der Waals surface area contributed by atoms with Crippen LogP contribution in [0.3, 0.4) is 0 Å². The first-order chi connectivity index (χ1) is 9.32. The molecule has 112 valence electrons. The van der Waals surface area contributed by atoms with E-state index in [9.17, 15) is 14.4 Å². The van der Waals surface area contributed by atoms with Gasteiger partial charge >= 0.3 is 6.03 Å². The van der Waals surface area contributed by atoms with Crippen molar-refractivity contribution in [3.05, 3.63) is 0 Å². The van der Waals surface area contributed by atoms with Crippen LogP contribution in [0.15, 0.2) is 0 Å². The molecule has 0 radical (unpaired) electrons. The molecule has 2 rings (SSSR count). The van der Waals surface area contributed by atoms with E-state index in [1.165, 1.54) is 0 Å². The highest BCUT2D eigenvalue weighted by Crippen LogP contribution is 2.42. The summed E-state index contributed by atoms with van der Waals surface area (Å²) in [6.45, 7) is 6.17. The number of imide groups is 2. The van der Waals surface area contributed by atoms with Crippen molar-refractivity contribution >= 4 is 17.8 Å². The molecular formula is C14H22N2O4. The van der Waals surface area contributed by atoms with E-state index in [4.69, 9.17) is 4.74 Å². The van der Waals surface area contributed by atoms with Crippen LogP contribution in [0.25, 0.3) is 0 Å². The zero-order chi connectivity index (χ0) is 15.0. The minimum atomic E-state index is -1.03. The quantitative estimate of drug-likeness (QED) is 0.792. The van der Waals surface area contributed by atoms with E-state index < -0.39 is 23.0 Å². The monoisotopic (exact) mass is 282 g/mol. The van der Waals surface area contributed by atoms with Crippen LogP contribution < -0.4 is 5.32 Å².